The second-order valence-corrected chi connectivity index (χ2v) is 3.56. The number of benzene rings is 1. The minimum atomic E-state index is -0.623. The van der Waals surface area contributed by atoms with Crippen LogP contribution in [0.3, 0.4) is 0 Å². The largest absolute Gasteiger partial charge is 0.488 e. The van der Waals surface area contributed by atoms with E-state index in [4.69, 9.17) is 9.47 Å². The lowest BCUT2D eigenvalue weighted by Gasteiger charge is -2.23. The molecular formula is C11H12F2O2. The first-order valence-corrected chi connectivity index (χ1v) is 4.94. The van der Waals surface area contributed by atoms with Crippen molar-refractivity contribution < 1.29 is 18.3 Å². The van der Waals surface area contributed by atoms with Gasteiger partial charge in [0, 0.05) is 24.8 Å². The van der Waals surface area contributed by atoms with Crippen LogP contribution in [-0.4, -0.2) is 19.3 Å². The van der Waals surface area contributed by atoms with Gasteiger partial charge < -0.3 is 9.47 Å². The number of rotatable bonds is 2. The van der Waals surface area contributed by atoms with E-state index in [1.807, 2.05) is 0 Å². The van der Waals surface area contributed by atoms with Gasteiger partial charge in [-0.2, -0.15) is 0 Å². The van der Waals surface area contributed by atoms with Gasteiger partial charge in [-0.15, -0.1) is 0 Å². The zero-order chi connectivity index (χ0) is 10.7. The summed E-state index contributed by atoms with van der Waals surface area (Å²) in [6.07, 6.45) is 1.68. The first-order valence-electron chi connectivity index (χ1n) is 4.94. The average molecular weight is 214 g/mol. The summed E-state index contributed by atoms with van der Waals surface area (Å²) < 4.78 is 36.3. The third kappa shape index (κ3) is 2.89. The fourth-order valence-electron chi connectivity index (χ4n) is 1.59. The molecule has 1 aromatic carbocycles. The highest BCUT2D eigenvalue weighted by Gasteiger charge is 2.15. The minimum absolute atomic E-state index is 0.0973. The van der Waals surface area contributed by atoms with Gasteiger partial charge in [0.25, 0.3) is 0 Å². The molecule has 0 aromatic heterocycles. The molecule has 2 rings (SSSR count). The molecule has 1 aromatic rings. The van der Waals surface area contributed by atoms with Crippen molar-refractivity contribution in [3.8, 4) is 5.75 Å². The van der Waals surface area contributed by atoms with Crippen LogP contribution in [0.2, 0.25) is 0 Å². The Morgan fingerprint density at radius 2 is 1.93 bits per heavy atom. The maximum atomic E-state index is 12.8. The molecule has 0 saturated carbocycles. The van der Waals surface area contributed by atoms with Crippen LogP contribution in [0.25, 0.3) is 0 Å². The Bertz CT molecular complexity index is 315. The zero-order valence-electron chi connectivity index (χ0n) is 8.21. The van der Waals surface area contributed by atoms with Crippen LogP contribution in [0.4, 0.5) is 8.78 Å². The maximum absolute atomic E-state index is 12.8. The maximum Gasteiger partial charge on any atom is 0.129 e. The topological polar surface area (TPSA) is 18.5 Å². The van der Waals surface area contributed by atoms with E-state index >= 15 is 0 Å². The molecule has 0 amide bonds. The highest BCUT2D eigenvalue weighted by Crippen LogP contribution is 2.19. The van der Waals surface area contributed by atoms with E-state index in [1.165, 1.54) is 12.1 Å². The van der Waals surface area contributed by atoms with Crippen LogP contribution in [0.1, 0.15) is 12.8 Å². The molecule has 15 heavy (non-hydrogen) atoms. The summed E-state index contributed by atoms with van der Waals surface area (Å²) >= 11 is 0. The van der Waals surface area contributed by atoms with E-state index in [2.05, 4.69) is 0 Å². The number of halogens is 2. The molecule has 2 nitrogen and oxygen atoms in total. The lowest BCUT2D eigenvalue weighted by molar-refractivity contribution is 0.00719. The van der Waals surface area contributed by atoms with Crippen LogP contribution in [0, 0.1) is 11.6 Å². The van der Waals surface area contributed by atoms with Gasteiger partial charge in [-0.25, -0.2) is 8.78 Å². The molecule has 1 aliphatic rings. The van der Waals surface area contributed by atoms with Gasteiger partial charge in [0.2, 0.25) is 0 Å². The van der Waals surface area contributed by atoms with E-state index < -0.39 is 11.6 Å². The van der Waals surface area contributed by atoms with Crippen molar-refractivity contribution in [3.63, 3.8) is 0 Å². The Labute approximate surface area is 86.8 Å². The number of ether oxygens (including phenoxy) is 2. The van der Waals surface area contributed by atoms with Crippen molar-refractivity contribution >= 4 is 0 Å². The van der Waals surface area contributed by atoms with Crippen molar-refractivity contribution in [1.82, 2.24) is 0 Å². The number of hydrogen-bond donors (Lipinski definition) is 0. The standard InChI is InChI=1S/C11H12F2O2/c12-8-4-9(13)6-11(5-8)15-10-2-1-3-14-7-10/h4-6,10H,1-3,7H2/t10-/m1/s1. The van der Waals surface area contributed by atoms with Gasteiger partial charge in [0.05, 0.1) is 6.61 Å². The molecule has 82 valence electrons. The predicted molar refractivity (Wildman–Crippen MR) is 50.8 cm³/mol. The highest BCUT2D eigenvalue weighted by molar-refractivity contribution is 5.24. The van der Waals surface area contributed by atoms with Gasteiger partial charge in [-0.3, -0.25) is 0 Å². The molecule has 0 bridgehead atoms. The molecule has 0 radical (unpaired) electrons. The zero-order valence-corrected chi connectivity index (χ0v) is 8.21. The Balaban J connectivity index is 2.02. The van der Waals surface area contributed by atoms with Gasteiger partial charge in [-0.1, -0.05) is 0 Å². The van der Waals surface area contributed by atoms with Crippen LogP contribution in [0.5, 0.6) is 5.75 Å². The fraction of sp³-hybridized carbons (Fsp3) is 0.455. The molecule has 1 atom stereocenters. The van der Waals surface area contributed by atoms with Crippen molar-refractivity contribution in [3.05, 3.63) is 29.8 Å². The van der Waals surface area contributed by atoms with Gasteiger partial charge in [0.1, 0.15) is 23.5 Å². The third-order valence-corrected chi connectivity index (χ3v) is 2.26. The summed E-state index contributed by atoms with van der Waals surface area (Å²) in [7, 11) is 0. The van der Waals surface area contributed by atoms with Crippen molar-refractivity contribution in [2.75, 3.05) is 13.2 Å². The first-order chi connectivity index (χ1) is 7.24. The van der Waals surface area contributed by atoms with Crippen molar-refractivity contribution in [2.45, 2.75) is 18.9 Å². The minimum Gasteiger partial charge on any atom is -0.488 e. The summed E-state index contributed by atoms with van der Waals surface area (Å²) in [4.78, 5) is 0. The van der Waals surface area contributed by atoms with Crippen LogP contribution in [0.15, 0.2) is 18.2 Å². The average Bonchev–Trinajstić information content (AvgIpc) is 2.17. The Morgan fingerprint density at radius 3 is 2.53 bits per heavy atom. The molecule has 1 heterocycles. The van der Waals surface area contributed by atoms with Crippen molar-refractivity contribution in [2.24, 2.45) is 0 Å². The summed E-state index contributed by atoms with van der Waals surface area (Å²) in [6.45, 7) is 1.22. The molecular weight excluding hydrogens is 202 g/mol. The lowest BCUT2D eigenvalue weighted by atomic mass is 10.2. The monoisotopic (exact) mass is 214 g/mol. The predicted octanol–water partition coefficient (Wildman–Crippen LogP) is 2.52. The summed E-state index contributed by atoms with van der Waals surface area (Å²) in [5, 5.41) is 0. The highest BCUT2D eigenvalue weighted by atomic mass is 19.1. The molecule has 4 heteroatoms. The van der Waals surface area contributed by atoms with Gasteiger partial charge >= 0.3 is 0 Å². The second kappa shape index (κ2) is 4.57. The van der Waals surface area contributed by atoms with Crippen molar-refractivity contribution in [1.29, 1.82) is 0 Å². The summed E-state index contributed by atoms with van der Waals surface area (Å²) in [5.74, 6) is -1.02. The normalized spacial score (nSPS) is 21.3. The Kier molecular flexibility index (Phi) is 3.16. The van der Waals surface area contributed by atoms with E-state index in [1.54, 1.807) is 0 Å². The lowest BCUT2D eigenvalue weighted by Crippen LogP contribution is -2.28. The second-order valence-electron chi connectivity index (χ2n) is 3.56. The van der Waals surface area contributed by atoms with Gasteiger partial charge in [0.15, 0.2) is 0 Å². The van der Waals surface area contributed by atoms with E-state index in [0.717, 1.165) is 25.5 Å². The molecule has 1 fully saturated rings. The summed E-state index contributed by atoms with van der Waals surface area (Å²) in [6, 6.07) is 3.18. The first kappa shape index (κ1) is 10.4. The van der Waals surface area contributed by atoms with Crippen LogP contribution < -0.4 is 4.74 Å². The molecule has 0 spiro atoms. The number of hydrogen-bond acceptors (Lipinski definition) is 2. The van der Waals surface area contributed by atoms with Crippen LogP contribution >= 0.6 is 0 Å². The fourth-order valence-corrected chi connectivity index (χ4v) is 1.59. The SMILES string of the molecule is Fc1cc(F)cc(O[C@@H]2CCCOC2)c1. The Hall–Kier alpha value is -1.16. The van der Waals surface area contributed by atoms with E-state index in [-0.39, 0.29) is 11.9 Å². The Morgan fingerprint density at radius 1 is 1.20 bits per heavy atom. The molecule has 1 aliphatic heterocycles. The molecule has 0 unspecified atom stereocenters. The molecule has 0 aliphatic carbocycles. The molecule has 0 N–H and O–H groups in total. The quantitative estimate of drug-likeness (QED) is 0.753. The van der Waals surface area contributed by atoms with Gasteiger partial charge in [-0.05, 0) is 12.8 Å². The molecule has 1 saturated heterocycles. The summed E-state index contributed by atoms with van der Waals surface area (Å²) in [5.41, 5.74) is 0. The van der Waals surface area contributed by atoms with E-state index in [0.29, 0.717) is 6.61 Å². The van der Waals surface area contributed by atoms with Crippen LogP contribution in [-0.2, 0) is 4.74 Å². The van der Waals surface area contributed by atoms with E-state index in [9.17, 15) is 8.78 Å². The smallest absolute Gasteiger partial charge is 0.129 e. The third-order valence-electron chi connectivity index (χ3n) is 2.26.